The molecule has 0 bridgehead atoms. The third kappa shape index (κ3) is 3.71. The number of hydrogen-bond donors (Lipinski definition) is 1. The summed E-state index contributed by atoms with van der Waals surface area (Å²) >= 11 is 0. The van der Waals surface area contributed by atoms with Crippen molar-refractivity contribution in [2.75, 3.05) is 26.9 Å². The molecule has 0 aromatic heterocycles. The van der Waals surface area contributed by atoms with Crippen LogP contribution in [0.25, 0.3) is 0 Å². The summed E-state index contributed by atoms with van der Waals surface area (Å²) in [4.78, 5) is 0. The van der Waals surface area contributed by atoms with Gasteiger partial charge < -0.3 is 14.8 Å². The topological polar surface area (TPSA) is 30.5 Å². The van der Waals surface area contributed by atoms with Crippen molar-refractivity contribution in [2.45, 2.75) is 69.9 Å². The van der Waals surface area contributed by atoms with Gasteiger partial charge >= 0.3 is 0 Å². The molecular weight excluding hydrogens is 238 g/mol. The summed E-state index contributed by atoms with van der Waals surface area (Å²) in [7, 11) is 1.90. The summed E-state index contributed by atoms with van der Waals surface area (Å²) in [5, 5.41) is 3.82. The van der Waals surface area contributed by atoms with E-state index in [1.807, 2.05) is 7.11 Å². The van der Waals surface area contributed by atoms with E-state index < -0.39 is 0 Å². The second kappa shape index (κ2) is 7.61. The van der Waals surface area contributed by atoms with Crippen LogP contribution in [0.2, 0.25) is 0 Å². The number of nitrogens with one attached hydrogen (secondary N) is 1. The molecule has 1 heterocycles. The SMILES string of the molecule is CCCNC(C1CCCCC1)C1(OC)CCOCC1. The lowest BCUT2D eigenvalue weighted by Gasteiger charge is -2.47. The molecule has 1 aliphatic heterocycles. The van der Waals surface area contributed by atoms with Crippen LogP contribution in [-0.4, -0.2) is 38.5 Å². The molecule has 1 aliphatic carbocycles. The molecule has 1 saturated carbocycles. The molecule has 0 amide bonds. The minimum atomic E-state index is 0.00935. The summed E-state index contributed by atoms with van der Waals surface area (Å²) in [5.41, 5.74) is 0.00935. The maximum absolute atomic E-state index is 6.05. The predicted octanol–water partition coefficient (Wildman–Crippen LogP) is 3.13. The highest BCUT2D eigenvalue weighted by Crippen LogP contribution is 2.37. The second-order valence-corrected chi connectivity index (χ2v) is 6.21. The standard InChI is InChI=1S/C16H31NO2/c1-3-11-17-15(14-7-5-4-6-8-14)16(18-2)9-12-19-13-10-16/h14-15,17H,3-13H2,1-2H3. The second-order valence-electron chi connectivity index (χ2n) is 6.21. The zero-order chi connectivity index (χ0) is 13.6. The van der Waals surface area contributed by atoms with Crippen molar-refractivity contribution in [2.24, 2.45) is 5.92 Å². The summed E-state index contributed by atoms with van der Waals surface area (Å²) < 4.78 is 11.6. The van der Waals surface area contributed by atoms with Gasteiger partial charge in [0.2, 0.25) is 0 Å². The van der Waals surface area contributed by atoms with Crippen LogP contribution < -0.4 is 5.32 Å². The molecule has 1 saturated heterocycles. The molecule has 112 valence electrons. The van der Waals surface area contributed by atoms with Gasteiger partial charge in [-0.05, 0) is 31.7 Å². The van der Waals surface area contributed by atoms with Gasteiger partial charge in [-0.25, -0.2) is 0 Å². The molecule has 1 unspecified atom stereocenters. The van der Waals surface area contributed by atoms with Gasteiger partial charge in [-0.2, -0.15) is 0 Å². The molecule has 2 aliphatic rings. The van der Waals surface area contributed by atoms with Crippen molar-refractivity contribution in [1.29, 1.82) is 0 Å². The molecule has 19 heavy (non-hydrogen) atoms. The van der Waals surface area contributed by atoms with Gasteiger partial charge in [0.15, 0.2) is 0 Å². The van der Waals surface area contributed by atoms with E-state index in [1.165, 1.54) is 38.5 Å². The highest BCUT2D eigenvalue weighted by atomic mass is 16.5. The monoisotopic (exact) mass is 269 g/mol. The van der Waals surface area contributed by atoms with Crippen molar-refractivity contribution >= 4 is 0 Å². The molecule has 3 heteroatoms. The van der Waals surface area contributed by atoms with Gasteiger partial charge in [0.25, 0.3) is 0 Å². The van der Waals surface area contributed by atoms with Crippen LogP contribution in [0.5, 0.6) is 0 Å². The van der Waals surface area contributed by atoms with E-state index in [0.717, 1.165) is 38.5 Å². The summed E-state index contributed by atoms with van der Waals surface area (Å²) in [5.74, 6) is 0.790. The first kappa shape index (κ1) is 15.3. The van der Waals surface area contributed by atoms with Gasteiger partial charge in [-0.1, -0.05) is 26.2 Å². The van der Waals surface area contributed by atoms with Crippen LogP contribution in [0.1, 0.15) is 58.3 Å². The van der Waals surface area contributed by atoms with E-state index in [4.69, 9.17) is 9.47 Å². The number of hydrogen-bond acceptors (Lipinski definition) is 3. The average molecular weight is 269 g/mol. The van der Waals surface area contributed by atoms with Crippen molar-refractivity contribution in [1.82, 2.24) is 5.32 Å². The average Bonchev–Trinajstić information content (AvgIpc) is 2.49. The van der Waals surface area contributed by atoms with Crippen molar-refractivity contribution in [3.63, 3.8) is 0 Å². The first-order valence-electron chi connectivity index (χ1n) is 8.18. The van der Waals surface area contributed by atoms with Crippen LogP contribution in [0.3, 0.4) is 0 Å². The molecule has 0 aromatic carbocycles. The maximum Gasteiger partial charge on any atom is 0.0877 e. The van der Waals surface area contributed by atoms with E-state index in [0.29, 0.717) is 6.04 Å². The van der Waals surface area contributed by atoms with Crippen LogP contribution in [-0.2, 0) is 9.47 Å². The lowest BCUT2D eigenvalue weighted by molar-refractivity contribution is -0.123. The first-order valence-corrected chi connectivity index (χ1v) is 8.18. The van der Waals surface area contributed by atoms with Gasteiger partial charge in [0, 0.05) is 39.2 Å². The Balaban J connectivity index is 2.08. The summed E-state index contributed by atoms with van der Waals surface area (Å²) in [6, 6.07) is 0.515. The van der Waals surface area contributed by atoms with E-state index >= 15 is 0 Å². The highest BCUT2D eigenvalue weighted by Gasteiger charge is 2.44. The van der Waals surface area contributed by atoms with Crippen LogP contribution in [0.4, 0.5) is 0 Å². The Morgan fingerprint density at radius 1 is 1.21 bits per heavy atom. The Morgan fingerprint density at radius 3 is 2.47 bits per heavy atom. The largest absolute Gasteiger partial charge is 0.381 e. The molecule has 1 N–H and O–H groups in total. The fraction of sp³-hybridized carbons (Fsp3) is 1.00. The maximum atomic E-state index is 6.05. The molecule has 0 radical (unpaired) electrons. The van der Waals surface area contributed by atoms with Gasteiger partial charge in [0.05, 0.1) is 5.60 Å². The number of ether oxygens (including phenoxy) is 2. The minimum Gasteiger partial charge on any atom is -0.381 e. The molecule has 2 fully saturated rings. The zero-order valence-corrected chi connectivity index (χ0v) is 12.7. The molecule has 0 spiro atoms. The fourth-order valence-corrected chi connectivity index (χ4v) is 3.91. The molecule has 3 nitrogen and oxygen atoms in total. The third-order valence-electron chi connectivity index (χ3n) is 5.05. The molecular formula is C16H31NO2. The van der Waals surface area contributed by atoms with E-state index in [2.05, 4.69) is 12.2 Å². The smallest absolute Gasteiger partial charge is 0.0877 e. The Morgan fingerprint density at radius 2 is 1.89 bits per heavy atom. The first-order chi connectivity index (χ1) is 9.32. The lowest BCUT2D eigenvalue weighted by atomic mass is 9.73. The van der Waals surface area contributed by atoms with E-state index in [1.54, 1.807) is 0 Å². The molecule has 0 aromatic rings. The minimum absolute atomic E-state index is 0.00935. The molecule has 1 atom stereocenters. The van der Waals surface area contributed by atoms with Crippen molar-refractivity contribution < 1.29 is 9.47 Å². The van der Waals surface area contributed by atoms with E-state index in [-0.39, 0.29) is 5.60 Å². The summed E-state index contributed by atoms with van der Waals surface area (Å²) in [6.07, 6.45) is 10.2. The Hall–Kier alpha value is -0.120. The Bertz CT molecular complexity index is 245. The lowest BCUT2D eigenvalue weighted by Crippen LogP contribution is -2.58. The van der Waals surface area contributed by atoms with Crippen LogP contribution in [0, 0.1) is 5.92 Å². The zero-order valence-electron chi connectivity index (χ0n) is 12.7. The quantitative estimate of drug-likeness (QED) is 0.803. The normalized spacial score (nSPS) is 26.2. The van der Waals surface area contributed by atoms with Gasteiger partial charge in [-0.3, -0.25) is 0 Å². The third-order valence-corrected chi connectivity index (χ3v) is 5.05. The van der Waals surface area contributed by atoms with Gasteiger partial charge in [-0.15, -0.1) is 0 Å². The van der Waals surface area contributed by atoms with Crippen LogP contribution in [0.15, 0.2) is 0 Å². The van der Waals surface area contributed by atoms with Crippen molar-refractivity contribution in [3.05, 3.63) is 0 Å². The summed E-state index contributed by atoms with van der Waals surface area (Å²) in [6.45, 7) is 5.05. The molecule has 2 rings (SSSR count). The Labute approximate surface area is 118 Å². The number of methoxy groups -OCH3 is 1. The Kier molecular flexibility index (Phi) is 6.11. The fourth-order valence-electron chi connectivity index (χ4n) is 3.91. The highest BCUT2D eigenvalue weighted by molar-refractivity contribution is 4.99. The number of rotatable bonds is 6. The van der Waals surface area contributed by atoms with Crippen LogP contribution >= 0.6 is 0 Å². The van der Waals surface area contributed by atoms with Crippen molar-refractivity contribution in [3.8, 4) is 0 Å². The van der Waals surface area contributed by atoms with Gasteiger partial charge in [0.1, 0.15) is 0 Å². The van der Waals surface area contributed by atoms with E-state index in [9.17, 15) is 0 Å². The predicted molar refractivity (Wildman–Crippen MR) is 78.4 cm³/mol.